The van der Waals surface area contributed by atoms with Crippen molar-refractivity contribution in [3.63, 3.8) is 0 Å². The highest BCUT2D eigenvalue weighted by atomic mass is 19.4. The molecule has 0 aliphatic heterocycles. The maximum Gasteiger partial charge on any atom is 0.416 e. The van der Waals surface area contributed by atoms with E-state index in [1.165, 1.54) is 19.2 Å². The highest BCUT2D eigenvalue weighted by Gasteiger charge is 2.30. The lowest BCUT2D eigenvalue weighted by molar-refractivity contribution is -0.137. The molecule has 22 heavy (non-hydrogen) atoms. The molecule has 1 rings (SSSR count). The van der Waals surface area contributed by atoms with Gasteiger partial charge in [-0.15, -0.1) is 0 Å². The molecule has 1 amide bonds. The van der Waals surface area contributed by atoms with Crippen LogP contribution in [0.15, 0.2) is 29.3 Å². The Morgan fingerprint density at radius 2 is 2.05 bits per heavy atom. The van der Waals surface area contributed by atoms with Crippen LogP contribution in [0.2, 0.25) is 0 Å². The van der Waals surface area contributed by atoms with Crippen molar-refractivity contribution in [3.8, 4) is 0 Å². The smallest absolute Gasteiger partial charge is 0.416 e. The summed E-state index contributed by atoms with van der Waals surface area (Å²) in [6.07, 6.45) is -3.68. The maximum atomic E-state index is 12.6. The Bertz CT molecular complexity index is 540. The molecule has 1 aromatic rings. The van der Waals surface area contributed by atoms with Crippen molar-refractivity contribution in [3.05, 3.63) is 35.4 Å². The fourth-order valence-electron chi connectivity index (χ4n) is 1.59. The average molecular weight is 316 g/mol. The quantitative estimate of drug-likeness (QED) is 0.683. The fourth-order valence-corrected chi connectivity index (χ4v) is 1.59. The summed E-state index contributed by atoms with van der Waals surface area (Å²) in [5, 5.41) is 2.36. The number of amidine groups is 1. The van der Waals surface area contributed by atoms with Gasteiger partial charge in [-0.05, 0) is 30.5 Å². The van der Waals surface area contributed by atoms with Gasteiger partial charge in [-0.3, -0.25) is 10.1 Å². The van der Waals surface area contributed by atoms with Gasteiger partial charge in [0.1, 0.15) is 0 Å². The normalized spacial score (nSPS) is 12.4. The Balaban J connectivity index is 2.79. The number of amides is 1. The van der Waals surface area contributed by atoms with Gasteiger partial charge in [0.05, 0.1) is 12.7 Å². The summed E-state index contributed by atoms with van der Waals surface area (Å²) >= 11 is 0. The molecule has 0 aromatic heterocycles. The van der Waals surface area contributed by atoms with E-state index in [1.807, 2.05) is 13.8 Å². The molecule has 0 aliphatic rings. The van der Waals surface area contributed by atoms with Crippen molar-refractivity contribution in [1.29, 1.82) is 0 Å². The lowest BCUT2D eigenvalue weighted by atomic mass is 10.1. The van der Waals surface area contributed by atoms with Crippen LogP contribution in [0.3, 0.4) is 0 Å². The number of methoxy groups -OCH3 is 1. The van der Waals surface area contributed by atoms with Gasteiger partial charge in [-0.2, -0.15) is 13.2 Å². The number of halogens is 3. The van der Waals surface area contributed by atoms with Crippen molar-refractivity contribution in [2.75, 3.05) is 13.7 Å². The SMILES string of the molecule is COC(=NCCC(C)C)NC(=O)c1cccc(C(F)(F)F)c1. The van der Waals surface area contributed by atoms with Crippen LogP contribution in [0.5, 0.6) is 0 Å². The molecule has 1 aromatic carbocycles. The first-order valence-corrected chi connectivity index (χ1v) is 6.81. The summed E-state index contributed by atoms with van der Waals surface area (Å²) in [7, 11) is 1.33. The Morgan fingerprint density at radius 3 is 2.59 bits per heavy atom. The van der Waals surface area contributed by atoms with Crippen molar-refractivity contribution >= 4 is 11.9 Å². The highest BCUT2D eigenvalue weighted by molar-refractivity contribution is 6.04. The predicted molar refractivity (Wildman–Crippen MR) is 77.7 cm³/mol. The van der Waals surface area contributed by atoms with Gasteiger partial charge < -0.3 is 4.74 Å². The number of carbonyl (C=O) groups is 1. The van der Waals surface area contributed by atoms with E-state index in [-0.39, 0.29) is 11.6 Å². The van der Waals surface area contributed by atoms with Gasteiger partial charge >= 0.3 is 6.18 Å². The first-order chi connectivity index (χ1) is 10.2. The average Bonchev–Trinajstić information content (AvgIpc) is 2.45. The van der Waals surface area contributed by atoms with Crippen LogP contribution < -0.4 is 5.32 Å². The predicted octanol–water partition coefficient (Wildman–Crippen LogP) is 3.48. The standard InChI is InChI=1S/C15H19F3N2O2/c1-10(2)7-8-19-14(22-3)20-13(21)11-5-4-6-12(9-11)15(16,17)18/h4-6,9-10H,7-8H2,1-3H3,(H,19,20,21). The molecule has 1 N–H and O–H groups in total. The van der Waals surface area contributed by atoms with E-state index >= 15 is 0 Å². The van der Waals surface area contributed by atoms with Crippen LogP contribution in [0.25, 0.3) is 0 Å². The molecule has 0 saturated carbocycles. The number of benzene rings is 1. The largest absolute Gasteiger partial charge is 0.468 e. The minimum Gasteiger partial charge on any atom is -0.468 e. The third-order valence-electron chi connectivity index (χ3n) is 2.83. The molecule has 0 atom stereocenters. The number of nitrogens with one attached hydrogen (secondary N) is 1. The lowest BCUT2D eigenvalue weighted by Crippen LogP contribution is -2.32. The number of nitrogens with zero attached hydrogens (tertiary/aromatic N) is 1. The number of aliphatic imine (C=N–C) groups is 1. The first-order valence-electron chi connectivity index (χ1n) is 6.81. The molecule has 7 heteroatoms. The minimum absolute atomic E-state index is 0.0111. The Morgan fingerprint density at radius 1 is 1.36 bits per heavy atom. The molecule has 0 heterocycles. The van der Waals surface area contributed by atoms with Gasteiger partial charge in [0, 0.05) is 12.1 Å². The van der Waals surface area contributed by atoms with Gasteiger partial charge in [0.15, 0.2) is 0 Å². The topological polar surface area (TPSA) is 50.7 Å². The number of alkyl halides is 3. The van der Waals surface area contributed by atoms with E-state index in [4.69, 9.17) is 4.74 Å². The number of carbonyl (C=O) groups excluding carboxylic acids is 1. The van der Waals surface area contributed by atoms with Gasteiger partial charge in [-0.25, -0.2) is 4.99 Å². The summed E-state index contributed by atoms with van der Waals surface area (Å²) in [6.45, 7) is 4.52. The first kappa shape index (κ1) is 18.0. The van der Waals surface area contributed by atoms with E-state index in [0.29, 0.717) is 12.5 Å². The van der Waals surface area contributed by atoms with Gasteiger partial charge in [0.25, 0.3) is 11.9 Å². The van der Waals surface area contributed by atoms with Crippen LogP contribution in [0.4, 0.5) is 13.2 Å². The summed E-state index contributed by atoms with van der Waals surface area (Å²) in [6, 6.07) is 4.16. The Kier molecular flexibility index (Phi) is 6.39. The zero-order valence-corrected chi connectivity index (χ0v) is 12.7. The molecule has 0 spiro atoms. The van der Waals surface area contributed by atoms with Crippen molar-refractivity contribution in [2.24, 2.45) is 10.9 Å². The number of rotatable bonds is 4. The molecule has 0 fully saturated rings. The summed E-state index contributed by atoms with van der Waals surface area (Å²) in [5.41, 5.74) is -0.987. The molecular formula is C15H19F3N2O2. The Hall–Kier alpha value is -2.05. The van der Waals surface area contributed by atoms with E-state index < -0.39 is 17.6 Å². The molecule has 4 nitrogen and oxygen atoms in total. The number of hydrogen-bond donors (Lipinski definition) is 1. The van der Waals surface area contributed by atoms with E-state index in [9.17, 15) is 18.0 Å². The van der Waals surface area contributed by atoms with Crippen LogP contribution in [0.1, 0.15) is 36.2 Å². The van der Waals surface area contributed by atoms with Crippen molar-refractivity contribution in [1.82, 2.24) is 5.32 Å². The number of hydrogen-bond acceptors (Lipinski definition) is 3. The molecule has 0 saturated heterocycles. The molecule has 122 valence electrons. The third kappa shape index (κ3) is 5.75. The highest BCUT2D eigenvalue weighted by Crippen LogP contribution is 2.29. The molecule has 0 unspecified atom stereocenters. The zero-order chi connectivity index (χ0) is 16.8. The summed E-state index contributed by atoms with van der Waals surface area (Å²) in [4.78, 5) is 16.0. The number of ether oxygens (including phenoxy) is 1. The summed E-state index contributed by atoms with van der Waals surface area (Å²) in [5.74, 6) is -0.253. The van der Waals surface area contributed by atoms with E-state index in [0.717, 1.165) is 18.6 Å². The Labute approximate surface area is 127 Å². The van der Waals surface area contributed by atoms with Crippen LogP contribution in [-0.4, -0.2) is 25.6 Å². The molecule has 0 aliphatic carbocycles. The van der Waals surface area contributed by atoms with Crippen LogP contribution >= 0.6 is 0 Å². The third-order valence-corrected chi connectivity index (χ3v) is 2.83. The van der Waals surface area contributed by atoms with Crippen LogP contribution in [-0.2, 0) is 10.9 Å². The molecule has 0 radical (unpaired) electrons. The molecular weight excluding hydrogens is 297 g/mol. The maximum absolute atomic E-state index is 12.6. The van der Waals surface area contributed by atoms with Crippen molar-refractivity contribution in [2.45, 2.75) is 26.4 Å². The van der Waals surface area contributed by atoms with Gasteiger partial charge in [0.2, 0.25) is 0 Å². The molecule has 0 bridgehead atoms. The van der Waals surface area contributed by atoms with E-state index in [2.05, 4.69) is 10.3 Å². The van der Waals surface area contributed by atoms with Crippen molar-refractivity contribution < 1.29 is 22.7 Å². The second-order valence-electron chi connectivity index (χ2n) is 5.11. The lowest BCUT2D eigenvalue weighted by Gasteiger charge is -2.10. The van der Waals surface area contributed by atoms with E-state index in [1.54, 1.807) is 0 Å². The minimum atomic E-state index is -4.49. The zero-order valence-electron chi connectivity index (χ0n) is 12.7. The second kappa shape index (κ2) is 7.82. The summed E-state index contributed by atoms with van der Waals surface area (Å²) < 4.78 is 42.8. The second-order valence-corrected chi connectivity index (χ2v) is 5.11. The monoisotopic (exact) mass is 316 g/mol. The van der Waals surface area contributed by atoms with Gasteiger partial charge in [-0.1, -0.05) is 19.9 Å². The van der Waals surface area contributed by atoms with Crippen LogP contribution in [0, 0.1) is 5.92 Å². The fraction of sp³-hybridized carbons (Fsp3) is 0.467.